The van der Waals surface area contributed by atoms with E-state index in [1.54, 1.807) is 18.2 Å². The molecule has 0 N–H and O–H groups in total. The van der Waals surface area contributed by atoms with Gasteiger partial charge in [-0.15, -0.1) is 0 Å². The van der Waals surface area contributed by atoms with Crippen molar-refractivity contribution in [2.24, 2.45) is 0 Å². The molecule has 2 aliphatic heterocycles. The van der Waals surface area contributed by atoms with Crippen molar-refractivity contribution in [2.45, 2.75) is 90.6 Å². The first-order valence-electron chi connectivity index (χ1n) is 12.0. The van der Waals surface area contributed by atoms with Crippen LogP contribution in [0.3, 0.4) is 0 Å². The molecule has 2 fully saturated rings. The van der Waals surface area contributed by atoms with Crippen LogP contribution >= 0.6 is 0 Å². The minimum absolute atomic E-state index is 0.00820. The molecule has 6 nitrogen and oxygen atoms in total. The van der Waals surface area contributed by atoms with Crippen molar-refractivity contribution in [1.29, 1.82) is 0 Å². The number of likely N-dealkylation sites (tertiary alicyclic amines) is 2. The number of nitrogens with zero attached hydrogens (tertiary/aromatic N) is 2. The van der Waals surface area contributed by atoms with Gasteiger partial charge in [-0.05, 0) is 85.4 Å². The third-order valence-electron chi connectivity index (χ3n) is 5.86. The molecule has 2 amide bonds. The van der Waals surface area contributed by atoms with Gasteiger partial charge in [0.15, 0.2) is 0 Å². The number of benzene rings is 1. The van der Waals surface area contributed by atoms with Crippen LogP contribution in [0.2, 0.25) is 0 Å². The summed E-state index contributed by atoms with van der Waals surface area (Å²) in [5.41, 5.74) is 0.826. The van der Waals surface area contributed by atoms with Gasteiger partial charge in [0.05, 0.1) is 23.4 Å². The highest BCUT2D eigenvalue weighted by Gasteiger charge is 2.29. The molecule has 0 unspecified atom stereocenters. The number of hydrogen-bond acceptors (Lipinski definition) is 4. The molecule has 0 spiro atoms. The molecule has 1 aromatic carbocycles. The van der Waals surface area contributed by atoms with Crippen molar-refractivity contribution in [3.63, 3.8) is 0 Å². The molecule has 1 aromatic rings. The Morgan fingerprint density at radius 2 is 1.06 bits per heavy atom. The van der Waals surface area contributed by atoms with E-state index in [0.717, 1.165) is 25.7 Å². The van der Waals surface area contributed by atoms with Gasteiger partial charge in [-0.1, -0.05) is 6.07 Å². The molecule has 6 heteroatoms. The van der Waals surface area contributed by atoms with E-state index in [4.69, 9.17) is 9.47 Å². The number of rotatable bonds is 4. The third kappa shape index (κ3) is 7.04. The van der Waals surface area contributed by atoms with Crippen LogP contribution < -0.4 is 0 Å². The minimum Gasteiger partial charge on any atom is -0.372 e. The predicted octanol–water partition coefficient (Wildman–Crippen LogP) is 4.53. The fourth-order valence-electron chi connectivity index (χ4n) is 4.50. The quantitative estimate of drug-likeness (QED) is 0.685. The lowest BCUT2D eigenvalue weighted by Gasteiger charge is -2.36. The lowest BCUT2D eigenvalue weighted by atomic mass is 10.0. The van der Waals surface area contributed by atoms with Gasteiger partial charge >= 0.3 is 0 Å². The van der Waals surface area contributed by atoms with Gasteiger partial charge in [0.1, 0.15) is 0 Å². The second kappa shape index (κ2) is 9.92. The van der Waals surface area contributed by atoms with E-state index in [9.17, 15) is 9.59 Å². The van der Waals surface area contributed by atoms with Crippen molar-refractivity contribution in [2.75, 3.05) is 26.2 Å². The highest BCUT2D eigenvalue weighted by Crippen LogP contribution is 2.23. The van der Waals surface area contributed by atoms with Crippen LogP contribution in [0, 0.1) is 0 Å². The van der Waals surface area contributed by atoms with Crippen LogP contribution in [0.5, 0.6) is 0 Å². The topological polar surface area (TPSA) is 59.1 Å². The number of carbonyl (C=O) groups is 2. The van der Waals surface area contributed by atoms with Crippen LogP contribution in [-0.4, -0.2) is 71.2 Å². The zero-order valence-electron chi connectivity index (χ0n) is 20.6. The molecule has 0 aliphatic carbocycles. The summed E-state index contributed by atoms with van der Waals surface area (Å²) in [6, 6.07) is 7.17. The molecule has 2 heterocycles. The predicted molar refractivity (Wildman–Crippen MR) is 126 cm³/mol. The standard InChI is InChI=1S/C26H40N2O4/c1-25(2,3)31-21-10-14-27(15-11-21)23(29)19-8-7-9-20(18-19)24(30)28-16-12-22(13-17-28)32-26(4,5)6/h7-9,18,21-22H,10-17H2,1-6H3. The third-order valence-corrected chi connectivity index (χ3v) is 5.86. The summed E-state index contributed by atoms with van der Waals surface area (Å²) in [5, 5.41) is 0. The molecule has 0 saturated carbocycles. The maximum Gasteiger partial charge on any atom is 0.253 e. The molecule has 178 valence electrons. The number of hydrogen-bond donors (Lipinski definition) is 0. The van der Waals surface area contributed by atoms with E-state index in [0.29, 0.717) is 37.3 Å². The summed E-state index contributed by atoms with van der Waals surface area (Å²) in [6.45, 7) is 15.1. The lowest BCUT2D eigenvalue weighted by Crippen LogP contribution is -2.43. The molecule has 2 aliphatic rings. The van der Waals surface area contributed by atoms with E-state index < -0.39 is 0 Å². The Labute approximate surface area is 193 Å². The zero-order valence-corrected chi connectivity index (χ0v) is 20.6. The Morgan fingerprint density at radius 3 is 1.38 bits per heavy atom. The van der Waals surface area contributed by atoms with E-state index in [2.05, 4.69) is 41.5 Å². The summed E-state index contributed by atoms with van der Waals surface area (Å²) in [5.74, 6) is -0.0164. The molecule has 0 atom stereocenters. The maximum absolute atomic E-state index is 13.1. The molecular formula is C26H40N2O4. The summed E-state index contributed by atoms with van der Waals surface area (Å²) in [6.07, 6.45) is 3.75. The molecule has 32 heavy (non-hydrogen) atoms. The molecule has 0 aromatic heterocycles. The molecule has 2 saturated heterocycles. The Balaban J connectivity index is 1.56. The highest BCUT2D eigenvalue weighted by atomic mass is 16.5. The van der Waals surface area contributed by atoms with Gasteiger partial charge in [-0.25, -0.2) is 0 Å². The van der Waals surface area contributed by atoms with Crippen molar-refractivity contribution >= 4 is 11.8 Å². The maximum atomic E-state index is 13.1. The Morgan fingerprint density at radius 1 is 0.719 bits per heavy atom. The largest absolute Gasteiger partial charge is 0.372 e. The second-order valence-corrected chi connectivity index (χ2v) is 11.0. The highest BCUT2D eigenvalue weighted by molar-refractivity contribution is 5.99. The average Bonchev–Trinajstić information content (AvgIpc) is 2.72. The summed E-state index contributed by atoms with van der Waals surface area (Å²) in [7, 11) is 0. The molecule has 0 radical (unpaired) electrons. The number of carbonyl (C=O) groups excluding carboxylic acids is 2. The molecule has 0 bridgehead atoms. The lowest BCUT2D eigenvalue weighted by molar-refractivity contribution is -0.0796. The SMILES string of the molecule is CC(C)(C)OC1CCN(C(=O)c2cccc(C(=O)N3CCC(OC(C)(C)C)CC3)c2)CC1. The van der Waals surface area contributed by atoms with Crippen LogP contribution in [-0.2, 0) is 9.47 Å². The van der Waals surface area contributed by atoms with Gasteiger partial charge in [0.25, 0.3) is 11.8 Å². The monoisotopic (exact) mass is 444 g/mol. The smallest absolute Gasteiger partial charge is 0.253 e. The average molecular weight is 445 g/mol. The summed E-state index contributed by atoms with van der Waals surface area (Å²) in [4.78, 5) is 29.9. The van der Waals surface area contributed by atoms with Gasteiger partial charge in [-0.2, -0.15) is 0 Å². The zero-order chi connectivity index (χ0) is 23.5. The van der Waals surface area contributed by atoms with E-state index in [1.807, 2.05) is 15.9 Å². The van der Waals surface area contributed by atoms with Crippen LogP contribution in [0.15, 0.2) is 24.3 Å². The van der Waals surface area contributed by atoms with Gasteiger partial charge in [0.2, 0.25) is 0 Å². The molecule has 3 rings (SSSR count). The minimum atomic E-state index is -0.168. The Kier molecular flexibility index (Phi) is 7.66. The fraction of sp³-hybridized carbons (Fsp3) is 0.692. The van der Waals surface area contributed by atoms with E-state index in [-0.39, 0.29) is 35.2 Å². The van der Waals surface area contributed by atoms with Crippen LogP contribution in [0.4, 0.5) is 0 Å². The van der Waals surface area contributed by atoms with Crippen molar-refractivity contribution < 1.29 is 19.1 Å². The van der Waals surface area contributed by atoms with Crippen molar-refractivity contribution in [3.8, 4) is 0 Å². The first kappa shape index (κ1) is 24.7. The number of amides is 2. The van der Waals surface area contributed by atoms with Gasteiger partial charge < -0.3 is 19.3 Å². The Bertz CT molecular complexity index is 730. The van der Waals surface area contributed by atoms with Gasteiger partial charge in [-0.3, -0.25) is 9.59 Å². The van der Waals surface area contributed by atoms with Crippen LogP contribution in [0.25, 0.3) is 0 Å². The first-order valence-corrected chi connectivity index (χ1v) is 12.0. The van der Waals surface area contributed by atoms with E-state index >= 15 is 0 Å². The Hall–Kier alpha value is -1.92. The summed E-state index contributed by atoms with van der Waals surface area (Å²) >= 11 is 0. The normalized spacial score (nSPS) is 19.3. The number of ether oxygens (including phenoxy) is 2. The summed E-state index contributed by atoms with van der Waals surface area (Å²) < 4.78 is 12.1. The number of piperidine rings is 2. The fourth-order valence-corrected chi connectivity index (χ4v) is 4.50. The van der Waals surface area contributed by atoms with Crippen molar-refractivity contribution in [3.05, 3.63) is 35.4 Å². The van der Waals surface area contributed by atoms with E-state index in [1.165, 1.54) is 0 Å². The first-order chi connectivity index (χ1) is 14.9. The van der Waals surface area contributed by atoms with Crippen LogP contribution in [0.1, 0.15) is 87.9 Å². The van der Waals surface area contributed by atoms with Gasteiger partial charge in [0, 0.05) is 37.3 Å². The molecular weight excluding hydrogens is 404 g/mol. The van der Waals surface area contributed by atoms with Crippen molar-refractivity contribution in [1.82, 2.24) is 9.80 Å². The second-order valence-electron chi connectivity index (χ2n) is 11.0.